The molecule has 0 aromatic heterocycles. The molecule has 0 heterocycles. The van der Waals surface area contributed by atoms with Gasteiger partial charge in [-0.25, -0.2) is 13.6 Å². The van der Waals surface area contributed by atoms with Crippen LogP contribution in [0.5, 0.6) is 0 Å². The molecule has 0 bridgehead atoms. The van der Waals surface area contributed by atoms with Crippen LogP contribution in [0, 0.1) is 11.6 Å². The molecule has 0 spiro atoms. The molecule has 0 unspecified atom stereocenters. The average molecular weight is 394 g/mol. The molecule has 0 saturated carbocycles. The molecular formula is C16H9ClF5NO3. The van der Waals surface area contributed by atoms with Crippen molar-refractivity contribution in [2.24, 2.45) is 0 Å². The minimum atomic E-state index is -4.78. The number of benzene rings is 2. The summed E-state index contributed by atoms with van der Waals surface area (Å²) in [7, 11) is 0. The van der Waals surface area contributed by atoms with Crippen molar-refractivity contribution < 1.29 is 36.3 Å². The molecule has 138 valence electrons. The third kappa shape index (κ3) is 4.92. The van der Waals surface area contributed by atoms with Gasteiger partial charge in [0.2, 0.25) is 0 Å². The van der Waals surface area contributed by atoms with Crippen LogP contribution >= 0.6 is 11.6 Å². The summed E-state index contributed by atoms with van der Waals surface area (Å²) in [5, 5.41) is 1.74. The summed E-state index contributed by atoms with van der Waals surface area (Å²) in [6, 6.07) is 4.75. The largest absolute Gasteiger partial charge is 0.452 e. The number of anilines is 1. The van der Waals surface area contributed by atoms with Crippen LogP contribution in [0.15, 0.2) is 36.4 Å². The van der Waals surface area contributed by atoms with Gasteiger partial charge in [-0.1, -0.05) is 11.6 Å². The van der Waals surface area contributed by atoms with Gasteiger partial charge in [0, 0.05) is 11.1 Å². The Morgan fingerprint density at radius 1 is 1.08 bits per heavy atom. The first-order valence-electron chi connectivity index (χ1n) is 6.86. The van der Waals surface area contributed by atoms with Crippen LogP contribution in [0.2, 0.25) is 5.02 Å². The fourth-order valence-electron chi connectivity index (χ4n) is 1.91. The second kappa shape index (κ2) is 7.69. The molecule has 10 heteroatoms. The first kappa shape index (κ1) is 19.6. The summed E-state index contributed by atoms with van der Waals surface area (Å²) in [6.07, 6.45) is -4.78. The fraction of sp³-hybridized carbons (Fsp3) is 0.125. The zero-order chi connectivity index (χ0) is 19.5. The van der Waals surface area contributed by atoms with Crippen molar-refractivity contribution in [2.75, 3.05) is 11.9 Å². The first-order chi connectivity index (χ1) is 12.1. The summed E-state index contributed by atoms with van der Waals surface area (Å²) in [5.74, 6) is -4.48. The molecular weight excluding hydrogens is 385 g/mol. The number of esters is 1. The Balaban J connectivity index is 2.05. The minimum Gasteiger partial charge on any atom is -0.452 e. The van der Waals surface area contributed by atoms with Gasteiger partial charge >= 0.3 is 12.1 Å². The lowest BCUT2D eigenvalue weighted by Crippen LogP contribution is -2.23. The summed E-state index contributed by atoms with van der Waals surface area (Å²) in [4.78, 5) is 23.4. The first-order valence-corrected chi connectivity index (χ1v) is 7.24. The standard InChI is InChI=1S/C16H9ClF5NO3/c17-8-1-4-13(11(5-8)16(20,21)22)23-14(24)7-26-15(25)10-3-2-9(18)6-12(10)19/h1-6H,7H2,(H,23,24). The van der Waals surface area contributed by atoms with E-state index in [-0.39, 0.29) is 5.02 Å². The predicted octanol–water partition coefficient (Wildman–Crippen LogP) is 4.43. The molecule has 0 atom stereocenters. The van der Waals surface area contributed by atoms with Gasteiger partial charge in [0.05, 0.1) is 16.8 Å². The van der Waals surface area contributed by atoms with Crippen molar-refractivity contribution in [1.82, 2.24) is 0 Å². The number of nitrogens with one attached hydrogen (secondary N) is 1. The zero-order valence-corrected chi connectivity index (χ0v) is 13.4. The van der Waals surface area contributed by atoms with E-state index in [1.165, 1.54) is 0 Å². The second-order valence-electron chi connectivity index (χ2n) is 4.94. The Bertz CT molecular complexity index is 854. The number of carbonyl (C=O) groups is 2. The van der Waals surface area contributed by atoms with E-state index in [2.05, 4.69) is 4.74 Å². The second-order valence-corrected chi connectivity index (χ2v) is 5.37. The van der Waals surface area contributed by atoms with Crippen LogP contribution in [-0.4, -0.2) is 18.5 Å². The molecule has 2 rings (SSSR count). The lowest BCUT2D eigenvalue weighted by Gasteiger charge is -2.14. The van der Waals surface area contributed by atoms with Gasteiger partial charge in [-0.15, -0.1) is 0 Å². The Morgan fingerprint density at radius 2 is 1.77 bits per heavy atom. The number of rotatable bonds is 4. The van der Waals surface area contributed by atoms with Gasteiger partial charge in [-0.2, -0.15) is 13.2 Å². The van der Waals surface area contributed by atoms with E-state index in [4.69, 9.17) is 11.6 Å². The van der Waals surface area contributed by atoms with Crippen molar-refractivity contribution in [3.05, 3.63) is 64.2 Å². The highest BCUT2D eigenvalue weighted by Gasteiger charge is 2.34. The Morgan fingerprint density at radius 3 is 2.38 bits per heavy atom. The molecule has 0 saturated heterocycles. The third-order valence-electron chi connectivity index (χ3n) is 3.05. The molecule has 0 radical (unpaired) electrons. The maximum absolute atomic E-state index is 13.4. The lowest BCUT2D eigenvalue weighted by molar-refractivity contribution is -0.137. The number of ether oxygens (including phenoxy) is 1. The van der Waals surface area contributed by atoms with E-state index in [1.807, 2.05) is 5.32 Å². The average Bonchev–Trinajstić information content (AvgIpc) is 2.53. The maximum Gasteiger partial charge on any atom is 0.418 e. The van der Waals surface area contributed by atoms with Gasteiger partial charge in [-0.3, -0.25) is 4.79 Å². The van der Waals surface area contributed by atoms with Gasteiger partial charge < -0.3 is 10.1 Å². The lowest BCUT2D eigenvalue weighted by atomic mass is 10.1. The summed E-state index contributed by atoms with van der Waals surface area (Å²) >= 11 is 5.51. The third-order valence-corrected chi connectivity index (χ3v) is 3.28. The zero-order valence-electron chi connectivity index (χ0n) is 12.7. The molecule has 1 N–H and O–H groups in total. The smallest absolute Gasteiger partial charge is 0.418 e. The number of halogens is 6. The van der Waals surface area contributed by atoms with E-state index in [0.717, 1.165) is 24.3 Å². The molecule has 0 aliphatic carbocycles. The number of amides is 1. The monoisotopic (exact) mass is 393 g/mol. The molecule has 2 aromatic rings. The fourth-order valence-corrected chi connectivity index (χ4v) is 2.08. The molecule has 0 aliphatic heterocycles. The van der Waals surface area contributed by atoms with Gasteiger partial charge in [0.15, 0.2) is 6.61 Å². The van der Waals surface area contributed by atoms with E-state index in [9.17, 15) is 31.5 Å². The van der Waals surface area contributed by atoms with E-state index < -0.39 is 53.1 Å². The Hall–Kier alpha value is -2.68. The number of carbonyl (C=O) groups excluding carboxylic acids is 2. The van der Waals surface area contributed by atoms with Crippen LogP contribution in [0.4, 0.5) is 27.6 Å². The van der Waals surface area contributed by atoms with Gasteiger partial charge in [-0.05, 0) is 30.3 Å². The van der Waals surface area contributed by atoms with Crippen LogP contribution < -0.4 is 5.32 Å². The highest BCUT2D eigenvalue weighted by molar-refractivity contribution is 6.30. The van der Waals surface area contributed by atoms with Gasteiger partial charge in [0.1, 0.15) is 11.6 Å². The summed E-state index contributed by atoms with van der Waals surface area (Å²) in [5.41, 5.74) is -2.40. The van der Waals surface area contributed by atoms with Crippen LogP contribution in [0.1, 0.15) is 15.9 Å². The van der Waals surface area contributed by atoms with E-state index in [1.54, 1.807) is 0 Å². The SMILES string of the molecule is O=C(COC(=O)c1ccc(F)cc1F)Nc1ccc(Cl)cc1C(F)(F)F. The summed E-state index contributed by atoms with van der Waals surface area (Å²) < 4.78 is 69.5. The highest BCUT2D eigenvalue weighted by atomic mass is 35.5. The molecule has 1 amide bonds. The van der Waals surface area contributed by atoms with Crippen molar-refractivity contribution >= 4 is 29.2 Å². The van der Waals surface area contributed by atoms with Crippen molar-refractivity contribution in [1.29, 1.82) is 0 Å². The molecule has 0 fully saturated rings. The van der Waals surface area contributed by atoms with Crippen molar-refractivity contribution in [3.63, 3.8) is 0 Å². The summed E-state index contributed by atoms with van der Waals surface area (Å²) in [6.45, 7) is -0.977. The Labute approximate surface area is 148 Å². The van der Waals surface area contributed by atoms with Crippen LogP contribution in [0.25, 0.3) is 0 Å². The van der Waals surface area contributed by atoms with Gasteiger partial charge in [0.25, 0.3) is 5.91 Å². The normalized spacial score (nSPS) is 11.2. The van der Waals surface area contributed by atoms with Crippen LogP contribution in [0.3, 0.4) is 0 Å². The van der Waals surface area contributed by atoms with Crippen LogP contribution in [-0.2, 0) is 15.7 Å². The maximum atomic E-state index is 13.4. The topological polar surface area (TPSA) is 55.4 Å². The number of hydrogen-bond acceptors (Lipinski definition) is 3. The molecule has 4 nitrogen and oxygen atoms in total. The van der Waals surface area contributed by atoms with Crippen molar-refractivity contribution in [3.8, 4) is 0 Å². The Kier molecular flexibility index (Phi) is 5.81. The number of hydrogen-bond donors (Lipinski definition) is 1. The highest BCUT2D eigenvalue weighted by Crippen LogP contribution is 2.36. The van der Waals surface area contributed by atoms with Crippen molar-refractivity contribution in [2.45, 2.75) is 6.18 Å². The van der Waals surface area contributed by atoms with E-state index >= 15 is 0 Å². The quantitative estimate of drug-likeness (QED) is 0.617. The number of alkyl halides is 3. The molecule has 26 heavy (non-hydrogen) atoms. The minimum absolute atomic E-state index is 0.187. The predicted molar refractivity (Wildman–Crippen MR) is 81.7 cm³/mol. The molecule has 0 aliphatic rings. The van der Waals surface area contributed by atoms with E-state index in [0.29, 0.717) is 12.1 Å². The molecule has 2 aromatic carbocycles.